The summed E-state index contributed by atoms with van der Waals surface area (Å²) in [7, 11) is 1.48. The summed E-state index contributed by atoms with van der Waals surface area (Å²) in [5.41, 5.74) is 7.87. The summed E-state index contributed by atoms with van der Waals surface area (Å²) < 4.78 is 5.96. The van der Waals surface area contributed by atoms with Crippen LogP contribution in [0.5, 0.6) is 11.5 Å². The van der Waals surface area contributed by atoms with Crippen molar-refractivity contribution in [2.24, 2.45) is 0 Å². The Balaban J connectivity index is 1.53. The van der Waals surface area contributed by atoms with Crippen molar-refractivity contribution in [2.75, 3.05) is 12.8 Å². The first-order valence-corrected chi connectivity index (χ1v) is 11.1. The van der Waals surface area contributed by atoms with Crippen molar-refractivity contribution < 1.29 is 14.3 Å². The summed E-state index contributed by atoms with van der Waals surface area (Å²) in [5, 5.41) is 5.84. The molecule has 2 amide bonds. The average Bonchev–Trinajstić information content (AvgIpc) is 2.88. The largest absolute Gasteiger partial charge is 0.457 e. The molecule has 4 N–H and O–H groups in total. The number of carbonyl (C=O) groups excluding carboxylic acids is 2. The Bertz CT molecular complexity index is 1380. The first-order chi connectivity index (χ1) is 17.0. The van der Waals surface area contributed by atoms with Gasteiger partial charge in [-0.25, -0.2) is 9.97 Å². The lowest BCUT2D eigenvalue weighted by Crippen LogP contribution is -2.23. The number of halogens is 1. The molecule has 1 aromatic heterocycles. The lowest BCUT2D eigenvalue weighted by molar-refractivity contribution is 0.0945. The summed E-state index contributed by atoms with van der Waals surface area (Å²) in [6.45, 7) is 0.160. The number of nitrogen functional groups attached to an aromatic ring is 1. The molecule has 35 heavy (non-hydrogen) atoms. The number of carbonyl (C=O) groups is 2. The van der Waals surface area contributed by atoms with Gasteiger partial charge in [0, 0.05) is 35.3 Å². The maximum absolute atomic E-state index is 12.9. The Morgan fingerprint density at radius 3 is 2.54 bits per heavy atom. The van der Waals surface area contributed by atoms with Crippen LogP contribution in [0.1, 0.15) is 26.4 Å². The van der Waals surface area contributed by atoms with Gasteiger partial charge >= 0.3 is 0 Å². The van der Waals surface area contributed by atoms with E-state index in [0.29, 0.717) is 38.9 Å². The number of hydrogen-bond acceptors (Lipinski definition) is 6. The lowest BCUT2D eigenvalue weighted by atomic mass is 10.1. The number of hydrogen-bond donors (Lipinski definition) is 3. The maximum Gasteiger partial charge on any atom is 0.273 e. The van der Waals surface area contributed by atoms with Gasteiger partial charge in [0.25, 0.3) is 11.8 Å². The first-order valence-electron chi connectivity index (χ1n) is 10.7. The van der Waals surface area contributed by atoms with Crippen LogP contribution >= 0.6 is 11.6 Å². The van der Waals surface area contributed by atoms with Gasteiger partial charge in [-0.1, -0.05) is 48.0 Å². The van der Waals surface area contributed by atoms with Gasteiger partial charge in [-0.2, -0.15) is 0 Å². The van der Waals surface area contributed by atoms with Crippen LogP contribution < -0.4 is 21.1 Å². The fourth-order valence-electron chi connectivity index (χ4n) is 3.34. The molecule has 9 heteroatoms. The number of rotatable bonds is 7. The van der Waals surface area contributed by atoms with Crippen LogP contribution in [0.25, 0.3) is 11.3 Å². The molecule has 0 aliphatic carbocycles. The van der Waals surface area contributed by atoms with E-state index in [4.69, 9.17) is 22.1 Å². The number of aromatic nitrogens is 2. The van der Waals surface area contributed by atoms with Crippen LogP contribution in [0.2, 0.25) is 5.02 Å². The highest BCUT2D eigenvalue weighted by atomic mass is 35.5. The zero-order valence-corrected chi connectivity index (χ0v) is 19.5. The first kappa shape index (κ1) is 23.7. The van der Waals surface area contributed by atoms with Crippen molar-refractivity contribution in [1.82, 2.24) is 20.6 Å². The molecule has 4 rings (SSSR count). The van der Waals surface area contributed by atoms with E-state index in [1.807, 2.05) is 30.3 Å². The summed E-state index contributed by atoms with van der Waals surface area (Å²) in [6.07, 6.45) is 1.45. The number of anilines is 1. The van der Waals surface area contributed by atoms with E-state index in [1.165, 1.54) is 13.2 Å². The normalized spacial score (nSPS) is 10.5. The van der Waals surface area contributed by atoms with Crippen LogP contribution in [0.4, 0.5) is 5.82 Å². The van der Waals surface area contributed by atoms with Crippen molar-refractivity contribution in [2.45, 2.75) is 6.54 Å². The molecule has 4 aromatic rings. The summed E-state index contributed by atoms with van der Waals surface area (Å²) in [5.74, 6) is 0.481. The average molecular weight is 488 g/mol. The second kappa shape index (κ2) is 10.7. The van der Waals surface area contributed by atoms with E-state index in [0.717, 1.165) is 0 Å². The molecule has 0 saturated carbocycles. The van der Waals surface area contributed by atoms with E-state index in [2.05, 4.69) is 20.6 Å². The number of nitrogens with two attached hydrogens (primary N) is 1. The number of amides is 2. The summed E-state index contributed by atoms with van der Waals surface area (Å²) in [4.78, 5) is 33.3. The number of para-hydroxylation sites is 1. The third-order valence-corrected chi connectivity index (χ3v) is 5.49. The Kier molecular flexibility index (Phi) is 7.23. The molecule has 1 heterocycles. The highest BCUT2D eigenvalue weighted by Crippen LogP contribution is 2.30. The van der Waals surface area contributed by atoms with Crippen LogP contribution in [-0.4, -0.2) is 28.8 Å². The molecule has 176 valence electrons. The molecule has 0 atom stereocenters. The summed E-state index contributed by atoms with van der Waals surface area (Å²) >= 11 is 6.41. The van der Waals surface area contributed by atoms with Gasteiger partial charge in [0.15, 0.2) is 11.5 Å². The van der Waals surface area contributed by atoms with E-state index < -0.39 is 5.91 Å². The molecule has 3 aromatic carbocycles. The van der Waals surface area contributed by atoms with Gasteiger partial charge in [0.1, 0.15) is 11.5 Å². The van der Waals surface area contributed by atoms with Crippen molar-refractivity contribution in [3.63, 3.8) is 0 Å². The number of benzene rings is 3. The fourth-order valence-corrected chi connectivity index (χ4v) is 3.57. The highest BCUT2D eigenvalue weighted by Gasteiger charge is 2.15. The molecule has 0 spiro atoms. The summed E-state index contributed by atoms with van der Waals surface area (Å²) in [6, 6.07) is 21.5. The molecule has 0 bridgehead atoms. The van der Waals surface area contributed by atoms with Crippen LogP contribution in [0.3, 0.4) is 0 Å². The van der Waals surface area contributed by atoms with Crippen LogP contribution in [-0.2, 0) is 6.54 Å². The van der Waals surface area contributed by atoms with Gasteiger partial charge in [0.05, 0.1) is 11.9 Å². The second-order valence-corrected chi connectivity index (χ2v) is 7.87. The minimum Gasteiger partial charge on any atom is -0.457 e. The van der Waals surface area contributed by atoms with Gasteiger partial charge < -0.3 is 21.1 Å². The molecule has 0 fully saturated rings. The van der Waals surface area contributed by atoms with Gasteiger partial charge in [-0.05, 0) is 36.4 Å². The standard InChI is InChI=1S/C26H22ClN5O3/c1-29-26(34)23-24(28)30-15-21(32-23)16-7-5-8-17(13-16)25(33)31-14-19-20(27)11-6-12-22(19)35-18-9-3-2-4-10-18/h2-13,15H,14H2,1H3,(H2,28,30)(H,29,34)(H,31,33). The molecule has 0 aliphatic rings. The van der Waals surface area contributed by atoms with Crippen molar-refractivity contribution >= 4 is 29.2 Å². The third-order valence-electron chi connectivity index (χ3n) is 5.14. The molecular weight excluding hydrogens is 466 g/mol. The minimum atomic E-state index is -0.445. The van der Waals surface area contributed by atoms with Crippen LogP contribution in [0.15, 0.2) is 79.0 Å². The quantitative estimate of drug-likeness (QED) is 0.354. The van der Waals surface area contributed by atoms with Crippen molar-refractivity contribution in [3.05, 3.63) is 101 Å². The molecule has 0 unspecified atom stereocenters. The van der Waals surface area contributed by atoms with E-state index in [-0.39, 0.29) is 24.0 Å². The highest BCUT2D eigenvalue weighted by molar-refractivity contribution is 6.31. The van der Waals surface area contributed by atoms with Crippen molar-refractivity contribution in [1.29, 1.82) is 0 Å². The zero-order chi connectivity index (χ0) is 24.8. The molecule has 0 radical (unpaired) electrons. The predicted octanol–water partition coefficient (Wildman–Crippen LogP) is 4.46. The molecule has 0 saturated heterocycles. The van der Waals surface area contributed by atoms with Gasteiger partial charge in [-0.15, -0.1) is 0 Å². The van der Waals surface area contributed by atoms with Gasteiger partial charge in [0.2, 0.25) is 0 Å². The van der Waals surface area contributed by atoms with E-state index >= 15 is 0 Å². The fraction of sp³-hybridized carbons (Fsp3) is 0.0769. The van der Waals surface area contributed by atoms with Crippen molar-refractivity contribution in [3.8, 4) is 22.8 Å². The third kappa shape index (κ3) is 5.56. The number of ether oxygens (including phenoxy) is 1. The smallest absolute Gasteiger partial charge is 0.273 e. The lowest BCUT2D eigenvalue weighted by Gasteiger charge is -2.14. The minimum absolute atomic E-state index is 0.0181. The van der Waals surface area contributed by atoms with Crippen LogP contribution in [0, 0.1) is 0 Å². The predicted molar refractivity (Wildman–Crippen MR) is 134 cm³/mol. The van der Waals surface area contributed by atoms with Gasteiger partial charge in [-0.3, -0.25) is 9.59 Å². The topological polar surface area (TPSA) is 119 Å². The molecule has 0 aliphatic heterocycles. The Morgan fingerprint density at radius 2 is 1.77 bits per heavy atom. The van der Waals surface area contributed by atoms with E-state index in [9.17, 15) is 9.59 Å². The Labute approximate surface area is 207 Å². The molecule has 8 nitrogen and oxygen atoms in total. The Hall–Kier alpha value is -4.43. The zero-order valence-electron chi connectivity index (χ0n) is 18.8. The monoisotopic (exact) mass is 487 g/mol. The molecular formula is C26H22ClN5O3. The second-order valence-electron chi connectivity index (χ2n) is 7.46. The SMILES string of the molecule is CNC(=O)c1nc(-c2cccc(C(=O)NCc3c(Cl)cccc3Oc3ccccc3)c2)cnc1N. The number of nitrogens with one attached hydrogen (secondary N) is 2. The number of nitrogens with zero attached hydrogens (tertiary/aromatic N) is 2. The van der Waals surface area contributed by atoms with E-state index in [1.54, 1.807) is 42.5 Å². The Morgan fingerprint density at radius 1 is 1.00 bits per heavy atom. The maximum atomic E-state index is 12.9.